The fourth-order valence-corrected chi connectivity index (χ4v) is 7.56. The number of unbranched alkanes of at least 4 members (excludes halogenated alkanes) is 4. The third-order valence-corrected chi connectivity index (χ3v) is 12.0. The van der Waals surface area contributed by atoms with Crippen molar-refractivity contribution in [3.8, 4) is 46.0 Å². The smallest absolute Gasteiger partial charge is 0.121 e. The second kappa shape index (κ2) is 31.7. The average Bonchev–Trinajstić information content (AvgIpc) is 3.50. The van der Waals surface area contributed by atoms with Gasteiger partial charge in [0.1, 0.15) is 46.0 Å². The fourth-order valence-electron chi connectivity index (χ4n) is 7.56. The molecule has 0 fully saturated rings. The first-order valence-electron chi connectivity index (χ1n) is 26.6. The summed E-state index contributed by atoms with van der Waals surface area (Å²) >= 11 is 0. The van der Waals surface area contributed by atoms with Crippen LogP contribution in [0.15, 0.2) is 225 Å². The Morgan fingerprint density at radius 1 is 0.266 bits per heavy atom. The van der Waals surface area contributed by atoms with E-state index in [1.807, 2.05) is 207 Å². The maximum absolute atomic E-state index is 6.05. The number of methoxy groups -OCH3 is 2. The summed E-state index contributed by atoms with van der Waals surface area (Å²) in [5, 5.41) is 17.1. The summed E-state index contributed by atoms with van der Waals surface area (Å²) in [6.45, 7) is 3.67. The Labute approximate surface area is 463 Å². The topological polar surface area (TPSA) is 148 Å². The van der Waals surface area contributed by atoms with Crippen LogP contribution in [0.5, 0.6) is 46.0 Å². The van der Waals surface area contributed by atoms with Gasteiger partial charge in [-0.1, -0.05) is 6.07 Å². The van der Waals surface area contributed by atoms with E-state index in [9.17, 15) is 0 Å². The van der Waals surface area contributed by atoms with Crippen molar-refractivity contribution < 1.29 is 37.9 Å². The van der Waals surface area contributed by atoms with Crippen molar-refractivity contribution in [2.24, 2.45) is 30.4 Å². The summed E-state index contributed by atoms with van der Waals surface area (Å²) in [5.41, 5.74) is 6.67. The Balaban J connectivity index is 0.622. The molecule has 14 heteroatoms. The van der Waals surface area contributed by atoms with Gasteiger partial charge < -0.3 is 37.9 Å². The molecule has 8 aromatic rings. The van der Waals surface area contributed by atoms with Crippen LogP contribution >= 0.6 is 0 Å². The van der Waals surface area contributed by atoms with E-state index in [2.05, 4.69) is 30.4 Å². The van der Waals surface area contributed by atoms with E-state index in [1.54, 1.807) is 14.2 Å². The lowest BCUT2D eigenvalue weighted by molar-refractivity contribution is 0.266. The van der Waals surface area contributed by atoms with Gasteiger partial charge in [0.25, 0.3) is 0 Å². The van der Waals surface area contributed by atoms with Crippen molar-refractivity contribution in [1.29, 1.82) is 0 Å². The molecule has 8 rings (SSSR count). The zero-order valence-electron chi connectivity index (χ0n) is 44.8. The molecular weight excluding hydrogens is 993 g/mol. The van der Waals surface area contributed by atoms with Gasteiger partial charge in [0.2, 0.25) is 0 Å². The number of hydrogen-bond donors (Lipinski definition) is 0. The Hall–Kier alpha value is -9.30. The van der Waals surface area contributed by atoms with Crippen LogP contribution < -0.4 is 37.9 Å². The molecule has 0 heterocycles. The highest BCUT2D eigenvalue weighted by molar-refractivity contribution is 5.83. The van der Waals surface area contributed by atoms with Gasteiger partial charge in [0, 0.05) is 18.5 Å². The summed E-state index contributed by atoms with van der Waals surface area (Å²) in [5.74, 6) is 6.42. The van der Waals surface area contributed by atoms with Crippen LogP contribution in [0, 0.1) is 0 Å². The van der Waals surface area contributed by atoms with E-state index in [1.165, 1.54) is 0 Å². The van der Waals surface area contributed by atoms with Gasteiger partial charge in [-0.2, -0.15) is 20.5 Å². The van der Waals surface area contributed by atoms with Crippen molar-refractivity contribution in [3.05, 3.63) is 205 Å². The van der Waals surface area contributed by atoms with Crippen molar-refractivity contribution >= 4 is 46.6 Å². The van der Waals surface area contributed by atoms with Crippen LogP contribution in [-0.2, 0) is 0 Å². The van der Waals surface area contributed by atoms with Crippen LogP contribution in [0.25, 0.3) is 0 Å². The Bertz CT molecular complexity index is 3130. The van der Waals surface area contributed by atoms with E-state index < -0.39 is 0 Å². The molecule has 14 nitrogen and oxygen atoms in total. The molecule has 8 aromatic carbocycles. The van der Waals surface area contributed by atoms with Crippen LogP contribution in [0.3, 0.4) is 0 Å². The van der Waals surface area contributed by atoms with Crippen molar-refractivity contribution in [3.63, 3.8) is 0 Å². The molecule has 0 N–H and O–H groups in total. The first-order valence-corrected chi connectivity index (χ1v) is 26.6. The Kier molecular flexibility index (Phi) is 22.4. The quantitative estimate of drug-likeness (QED) is 0.0230. The normalized spacial score (nSPS) is 11.4. The molecule has 0 radical (unpaired) electrons. The minimum Gasteiger partial charge on any atom is -0.497 e. The minimum absolute atomic E-state index is 0.600. The lowest BCUT2D eigenvalue weighted by atomic mass is 10.2. The molecule has 0 atom stereocenters. The number of azo groups is 2. The summed E-state index contributed by atoms with van der Waals surface area (Å²) in [7, 11) is 3.27. The number of benzene rings is 8. The predicted molar refractivity (Wildman–Crippen MR) is 313 cm³/mol. The molecular formula is C65H66N6O8. The molecule has 0 aliphatic heterocycles. The monoisotopic (exact) mass is 1060 g/mol. The molecule has 0 unspecified atom stereocenters. The molecule has 0 aliphatic rings. The van der Waals surface area contributed by atoms with E-state index in [4.69, 9.17) is 37.9 Å². The standard InChI is InChI=1S/C65H66N6O8/c1-72-58-31-19-53(20-32-58)68-70-55-23-37-63(38-24-55)77-45-8-6-43-75-60-27-13-50(14-28-60)48-66-52-17-35-62(36-18-52)74-41-4-3-5-42-79-65-12-10-11-57(47-65)67-49-51-15-29-61(30-16-51)76-44-7-9-46-78-64-39-25-56(26-40-64)71-69-54-21-33-59(73-2)34-22-54/h10-40,47-49H,3-9,41-46H2,1-2H3. The molecule has 0 aliphatic carbocycles. The highest BCUT2D eigenvalue weighted by Crippen LogP contribution is 2.27. The second-order valence-electron chi connectivity index (χ2n) is 18.0. The average molecular weight is 1060 g/mol. The first kappa shape index (κ1) is 55.9. The predicted octanol–water partition coefficient (Wildman–Crippen LogP) is 17.1. The number of nitrogens with zero attached hydrogens (tertiary/aromatic N) is 6. The van der Waals surface area contributed by atoms with Gasteiger partial charge in [0.15, 0.2) is 0 Å². The van der Waals surface area contributed by atoms with E-state index in [0.717, 1.165) is 136 Å². The summed E-state index contributed by atoms with van der Waals surface area (Å²) in [6, 6.07) is 61.6. The Morgan fingerprint density at radius 3 is 0.886 bits per heavy atom. The van der Waals surface area contributed by atoms with Crippen LogP contribution in [-0.4, -0.2) is 66.3 Å². The number of hydrogen-bond acceptors (Lipinski definition) is 14. The van der Waals surface area contributed by atoms with Gasteiger partial charge in [0.05, 0.1) is 88.0 Å². The molecule has 79 heavy (non-hydrogen) atoms. The molecule has 0 saturated carbocycles. The molecule has 0 aromatic heterocycles. The number of ether oxygens (including phenoxy) is 8. The van der Waals surface area contributed by atoms with Gasteiger partial charge in [-0.05, 0) is 238 Å². The van der Waals surface area contributed by atoms with Crippen molar-refractivity contribution in [1.82, 2.24) is 0 Å². The minimum atomic E-state index is 0.600. The molecule has 0 amide bonds. The maximum atomic E-state index is 6.05. The SMILES string of the molecule is COc1ccc(N=Nc2ccc(OCCCCOc3ccc(C=Nc4ccc(OCCCCCOc5cccc(N=Cc6ccc(OCCCCOc7ccc(N=Nc8ccc(OC)cc8)cc7)cc6)c5)cc4)cc3)cc2)cc1. The highest BCUT2D eigenvalue weighted by Gasteiger charge is 2.03. The number of aliphatic imine (C=N–C) groups is 2. The highest BCUT2D eigenvalue weighted by atomic mass is 16.5. The zero-order valence-corrected chi connectivity index (χ0v) is 44.8. The van der Waals surface area contributed by atoms with Crippen LogP contribution in [0.1, 0.15) is 56.1 Å². The molecule has 0 bridgehead atoms. The second-order valence-corrected chi connectivity index (χ2v) is 18.0. The lowest BCUT2D eigenvalue weighted by Gasteiger charge is -2.08. The number of rotatable bonds is 32. The van der Waals surface area contributed by atoms with Gasteiger partial charge in [-0.15, -0.1) is 0 Å². The first-order chi connectivity index (χ1) is 39.0. The van der Waals surface area contributed by atoms with Crippen molar-refractivity contribution in [2.75, 3.05) is 53.9 Å². The summed E-state index contributed by atoms with van der Waals surface area (Å²) < 4.78 is 46.1. The lowest BCUT2D eigenvalue weighted by Crippen LogP contribution is -2.02. The van der Waals surface area contributed by atoms with E-state index in [0.29, 0.717) is 39.6 Å². The van der Waals surface area contributed by atoms with Gasteiger partial charge in [-0.3, -0.25) is 9.98 Å². The molecule has 404 valence electrons. The third kappa shape index (κ3) is 20.3. The van der Waals surface area contributed by atoms with E-state index in [-0.39, 0.29) is 0 Å². The fraction of sp³-hybridized carbons (Fsp3) is 0.231. The summed E-state index contributed by atoms with van der Waals surface area (Å²) in [6.07, 6.45) is 10.0. The third-order valence-electron chi connectivity index (χ3n) is 12.0. The van der Waals surface area contributed by atoms with Crippen molar-refractivity contribution in [2.45, 2.75) is 44.9 Å². The summed E-state index contributed by atoms with van der Waals surface area (Å²) in [4.78, 5) is 9.31. The zero-order chi connectivity index (χ0) is 54.4. The molecule has 0 saturated heterocycles. The van der Waals surface area contributed by atoms with E-state index >= 15 is 0 Å². The Morgan fingerprint density at radius 2 is 0.544 bits per heavy atom. The largest absolute Gasteiger partial charge is 0.497 e. The van der Waals surface area contributed by atoms with Crippen LogP contribution in [0.4, 0.5) is 34.1 Å². The van der Waals surface area contributed by atoms with Crippen LogP contribution in [0.2, 0.25) is 0 Å². The maximum Gasteiger partial charge on any atom is 0.121 e. The van der Waals surface area contributed by atoms with Gasteiger partial charge >= 0.3 is 0 Å². The molecule has 0 spiro atoms. The van der Waals surface area contributed by atoms with Gasteiger partial charge in [-0.25, -0.2) is 0 Å².